The zero-order valence-electron chi connectivity index (χ0n) is 21.7. The average Bonchev–Trinajstić information content (AvgIpc) is 3.61. The zero-order chi connectivity index (χ0) is 24.3. The first-order chi connectivity index (χ1) is 17.0. The Morgan fingerprint density at radius 1 is 1.11 bits per heavy atom. The summed E-state index contributed by atoms with van der Waals surface area (Å²) in [6, 6.07) is 6.97. The minimum Gasteiger partial charge on any atom is -0.493 e. The van der Waals surface area contributed by atoms with Crippen LogP contribution in [-0.2, 0) is 13.0 Å². The summed E-state index contributed by atoms with van der Waals surface area (Å²) >= 11 is 0. The lowest BCUT2D eigenvalue weighted by Gasteiger charge is -2.39. The van der Waals surface area contributed by atoms with Crippen molar-refractivity contribution >= 4 is 11.0 Å². The molecule has 0 unspecified atom stereocenters. The second-order valence-corrected chi connectivity index (χ2v) is 11.8. The van der Waals surface area contributed by atoms with Crippen LogP contribution in [0, 0.1) is 28.6 Å². The highest BCUT2D eigenvalue weighted by Gasteiger charge is 2.35. The van der Waals surface area contributed by atoms with Crippen LogP contribution in [-0.4, -0.2) is 55.3 Å². The van der Waals surface area contributed by atoms with Crippen molar-refractivity contribution in [3.63, 3.8) is 0 Å². The number of ether oxygens (including phenoxy) is 1. The van der Waals surface area contributed by atoms with Gasteiger partial charge in [-0.1, -0.05) is 24.4 Å². The van der Waals surface area contributed by atoms with E-state index in [9.17, 15) is 5.26 Å². The van der Waals surface area contributed by atoms with Crippen molar-refractivity contribution in [2.45, 2.75) is 77.2 Å². The first-order valence-corrected chi connectivity index (χ1v) is 13.9. The maximum Gasteiger partial charge on any atom is 0.175 e. The molecule has 35 heavy (non-hydrogen) atoms. The predicted octanol–water partition coefficient (Wildman–Crippen LogP) is 5.80. The number of nitrogens with zero attached hydrogens (tertiary/aromatic N) is 4. The topological polar surface area (TPSA) is 65.5 Å². The second-order valence-electron chi connectivity index (χ2n) is 11.8. The van der Waals surface area contributed by atoms with E-state index in [2.05, 4.69) is 47.3 Å². The van der Waals surface area contributed by atoms with E-state index < -0.39 is 0 Å². The van der Waals surface area contributed by atoms with E-state index in [0.29, 0.717) is 0 Å². The molecule has 6 nitrogen and oxygen atoms in total. The summed E-state index contributed by atoms with van der Waals surface area (Å²) in [6.07, 6.45) is 13.1. The van der Waals surface area contributed by atoms with Crippen molar-refractivity contribution in [1.29, 1.82) is 5.26 Å². The summed E-state index contributed by atoms with van der Waals surface area (Å²) in [5.74, 6) is 2.40. The van der Waals surface area contributed by atoms with E-state index in [-0.39, 0.29) is 5.41 Å². The Kier molecular flexibility index (Phi) is 7.65. The molecule has 0 N–H and O–H groups in total. The van der Waals surface area contributed by atoms with Crippen molar-refractivity contribution in [3.8, 4) is 11.8 Å². The third kappa shape index (κ3) is 6.01. The minimum absolute atomic E-state index is 0.0871. The Morgan fingerprint density at radius 2 is 1.89 bits per heavy atom. The molecule has 0 spiro atoms. The molecule has 190 valence electrons. The van der Waals surface area contributed by atoms with Gasteiger partial charge in [-0.25, -0.2) is 0 Å². The van der Waals surface area contributed by atoms with Gasteiger partial charge >= 0.3 is 0 Å². The van der Waals surface area contributed by atoms with Crippen LogP contribution in [0.25, 0.3) is 11.0 Å². The maximum atomic E-state index is 9.84. The molecule has 6 heteroatoms. The number of benzene rings is 1. The summed E-state index contributed by atoms with van der Waals surface area (Å²) in [4.78, 5) is 4.73. The first kappa shape index (κ1) is 24.6. The van der Waals surface area contributed by atoms with Gasteiger partial charge in [0.25, 0.3) is 0 Å². The van der Waals surface area contributed by atoms with Crippen LogP contribution in [0.4, 0.5) is 0 Å². The van der Waals surface area contributed by atoms with E-state index in [1.165, 1.54) is 44.9 Å². The number of nitriles is 1. The van der Waals surface area contributed by atoms with Crippen LogP contribution in [0.2, 0.25) is 0 Å². The van der Waals surface area contributed by atoms with Crippen molar-refractivity contribution in [2.24, 2.45) is 17.3 Å². The van der Waals surface area contributed by atoms with Crippen LogP contribution in [0.1, 0.15) is 75.5 Å². The van der Waals surface area contributed by atoms with Gasteiger partial charge in [-0.05, 0) is 103 Å². The van der Waals surface area contributed by atoms with E-state index >= 15 is 0 Å². The van der Waals surface area contributed by atoms with Gasteiger partial charge < -0.3 is 19.1 Å². The first-order valence-electron chi connectivity index (χ1n) is 13.9. The van der Waals surface area contributed by atoms with E-state index in [1.807, 2.05) is 0 Å². The second kappa shape index (κ2) is 10.9. The number of aryl methyl sites for hydroxylation is 1. The Labute approximate surface area is 210 Å². The standard InChI is InChI=1S/C29H42N4O2/c1-32(2)18-25-27(34-19-23-6-7-23)11-9-24-26(31-35-28(24)25)10-8-22-12-16-33(17-13-22)21-29(20-30)14-4-3-5-15-29/h9,11,22-23H,3-8,10,12-19,21H2,1-2H3. The molecular formula is C29H42N4O2. The average molecular weight is 479 g/mol. The van der Waals surface area contributed by atoms with Crippen LogP contribution in [0.3, 0.4) is 0 Å². The normalized spacial score (nSPS) is 21.4. The Hall–Kier alpha value is -2.10. The summed E-state index contributed by atoms with van der Waals surface area (Å²) in [5, 5.41) is 15.5. The lowest BCUT2D eigenvalue weighted by Crippen LogP contribution is -2.42. The van der Waals surface area contributed by atoms with E-state index in [1.54, 1.807) is 0 Å². The number of likely N-dealkylation sites (tertiary alicyclic amines) is 1. The quantitative estimate of drug-likeness (QED) is 0.430. The van der Waals surface area contributed by atoms with Crippen molar-refractivity contribution < 1.29 is 9.26 Å². The lowest BCUT2D eigenvalue weighted by molar-refractivity contribution is 0.112. The molecule has 3 fully saturated rings. The van der Waals surface area contributed by atoms with Gasteiger partial charge in [-0.2, -0.15) is 5.26 Å². The molecule has 1 aromatic carbocycles. The fourth-order valence-electron chi connectivity index (χ4n) is 6.10. The Balaban J connectivity index is 1.18. The highest BCUT2D eigenvalue weighted by molar-refractivity contribution is 5.84. The minimum atomic E-state index is -0.0871. The molecule has 1 aromatic heterocycles. The van der Waals surface area contributed by atoms with Crippen LogP contribution in [0.5, 0.6) is 5.75 Å². The van der Waals surface area contributed by atoms with Gasteiger partial charge in [0.15, 0.2) is 5.58 Å². The van der Waals surface area contributed by atoms with Gasteiger partial charge in [0.2, 0.25) is 0 Å². The molecule has 0 amide bonds. The van der Waals surface area contributed by atoms with E-state index in [0.717, 1.165) is 98.3 Å². The number of hydrogen-bond donors (Lipinski definition) is 0. The molecule has 3 aliphatic rings. The zero-order valence-corrected chi connectivity index (χ0v) is 21.7. The molecule has 2 aromatic rings. The largest absolute Gasteiger partial charge is 0.493 e. The number of piperidine rings is 1. The monoisotopic (exact) mass is 478 g/mol. The molecule has 5 rings (SSSR count). The molecule has 2 heterocycles. The Bertz CT molecular complexity index is 1020. The fourth-order valence-corrected chi connectivity index (χ4v) is 6.10. The third-order valence-corrected chi connectivity index (χ3v) is 8.49. The van der Waals surface area contributed by atoms with Crippen LogP contribution in [0.15, 0.2) is 16.7 Å². The summed E-state index contributed by atoms with van der Waals surface area (Å²) in [7, 11) is 4.17. The third-order valence-electron chi connectivity index (χ3n) is 8.49. The molecule has 2 saturated carbocycles. The van der Waals surface area contributed by atoms with Gasteiger partial charge in [-0.3, -0.25) is 0 Å². The lowest BCUT2D eigenvalue weighted by atomic mass is 9.74. The number of hydrogen-bond acceptors (Lipinski definition) is 6. The van der Waals surface area contributed by atoms with Gasteiger partial charge in [0.05, 0.1) is 29.3 Å². The van der Waals surface area contributed by atoms with Crippen molar-refractivity contribution in [3.05, 3.63) is 23.4 Å². The highest BCUT2D eigenvalue weighted by atomic mass is 16.5. The SMILES string of the molecule is CN(C)Cc1c(OCC2CC2)ccc2c(CCC3CCN(CC4(C#N)CCCCC4)CC3)noc12. The molecular weight excluding hydrogens is 436 g/mol. The number of aromatic nitrogens is 1. The summed E-state index contributed by atoms with van der Waals surface area (Å²) in [5.41, 5.74) is 3.01. The molecule has 1 aliphatic heterocycles. The van der Waals surface area contributed by atoms with Crippen LogP contribution >= 0.6 is 0 Å². The highest BCUT2D eigenvalue weighted by Crippen LogP contribution is 2.38. The van der Waals surface area contributed by atoms with Crippen LogP contribution < -0.4 is 4.74 Å². The summed E-state index contributed by atoms with van der Waals surface area (Å²) < 4.78 is 12.1. The maximum absolute atomic E-state index is 9.84. The molecule has 0 radical (unpaired) electrons. The van der Waals surface area contributed by atoms with Crippen molar-refractivity contribution in [2.75, 3.05) is 40.3 Å². The summed E-state index contributed by atoms with van der Waals surface area (Å²) in [6.45, 7) is 4.82. The van der Waals surface area contributed by atoms with Gasteiger partial charge in [0.1, 0.15) is 5.75 Å². The molecule has 0 atom stereocenters. The Morgan fingerprint density at radius 3 is 2.57 bits per heavy atom. The fraction of sp³-hybridized carbons (Fsp3) is 0.724. The van der Waals surface area contributed by atoms with E-state index in [4.69, 9.17) is 9.26 Å². The number of fused-ring (bicyclic) bond motifs is 1. The van der Waals surface area contributed by atoms with Gasteiger partial charge in [0, 0.05) is 18.5 Å². The molecule has 1 saturated heterocycles. The predicted molar refractivity (Wildman–Crippen MR) is 138 cm³/mol. The molecule has 2 aliphatic carbocycles. The van der Waals surface area contributed by atoms with Gasteiger partial charge in [-0.15, -0.1) is 0 Å². The molecule has 0 bridgehead atoms. The van der Waals surface area contributed by atoms with Crippen molar-refractivity contribution in [1.82, 2.24) is 15.0 Å². The number of rotatable bonds is 10. The smallest absolute Gasteiger partial charge is 0.175 e.